The Morgan fingerprint density at radius 2 is 1.77 bits per heavy atom. The summed E-state index contributed by atoms with van der Waals surface area (Å²) in [7, 11) is -3.66. The van der Waals surface area contributed by atoms with E-state index < -0.39 is 10.0 Å². The highest BCUT2D eigenvalue weighted by atomic mass is 32.2. The first-order valence-electron chi connectivity index (χ1n) is 11.1. The number of benzene rings is 1. The van der Waals surface area contributed by atoms with Crippen molar-refractivity contribution in [2.45, 2.75) is 43.5 Å². The van der Waals surface area contributed by atoms with Crippen molar-refractivity contribution in [3.05, 3.63) is 64.1 Å². The molecule has 0 amide bonds. The number of aromatic nitrogens is 1. The molecule has 2 saturated heterocycles. The monoisotopic (exact) mass is 443 g/mol. The number of hydrogen-bond donors (Lipinski definition) is 1. The van der Waals surface area contributed by atoms with Crippen LogP contribution in [0.25, 0.3) is 0 Å². The lowest BCUT2D eigenvalue weighted by Gasteiger charge is -2.46. The summed E-state index contributed by atoms with van der Waals surface area (Å²) in [5, 5.41) is 0. The first-order chi connectivity index (χ1) is 15.0. The van der Waals surface area contributed by atoms with Crippen molar-refractivity contribution in [3.8, 4) is 0 Å². The van der Waals surface area contributed by atoms with Gasteiger partial charge in [0.1, 0.15) is 5.69 Å². The maximum absolute atomic E-state index is 13.2. The summed E-state index contributed by atoms with van der Waals surface area (Å²) in [6.45, 7) is 4.27. The van der Waals surface area contributed by atoms with Crippen LogP contribution in [0.3, 0.4) is 0 Å². The van der Waals surface area contributed by atoms with Crippen molar-refractivity contribution in [1.29, 1.82) is 0 Å². The molecule has 1 aromatic heterocycles. The van der Waals surface area contributed by atoms with E-state index in [1.165, 1.54) is 0 Å². The van der Waals surface area contributed by atoms with E-state index in [-0.39, 0.29) is 17.0 Å². The van der Waals surface area contributed by atoms with E-state index in [1.807, 2.05) is 12.1 Å². The summed E-state index contributed by atoms with van der Waals surface area (Å²) in [5.41, 5.74) is 1.63. The van der Waals surface area contributed by atoms with Gasteiger partial charge in [-0.25, -0.2) is 8.42 Å². The first-order valence-corrected chi connectivity index (χ1v) is 12.7. The maximum atomic E-state index is 13.2. The van der Waals surface area contributed by atoms with Gasteiger partial charge in [-0.1, -0.05) is 30.3 Å². The Hall–Kier alpha value is -2.16. The van der Waals surface area contributed by atoms with E-state index in [0.29, 0.717) is 30.0 Å². The van der Waals surface area contributed by atoms with Gasteiger partial charge in [0.25, 0.3) is 5.56 Å². The Kier molecular flexibility index (Phi) is 5.62. The number of rotatable bonds is 5. The topological polar surface area (TPSA) is 80.6 Å². The van der Waals surface area contributed by atoms with Crippen LogP contribution in [-0.4, -0.2) is 50.2 Å². The van der Waals surface area contributed by atoms with Crippen LogP contribution in [0.4, 0.5) is 5.69 Å². The number of nitrogens with zero attached hydrogens (tertiary/aromatic N) is 2. The molecule has 3 aliphatic rings. The van der Waals surface area contributed by atoms with Crippen LogP contribution in [0.15, 0.2) is 47.3 Å². The van der Waals surface area contributed by atoms with Gasteiger partial charge >= 0.3 is 0 Å². The molecule has 4 heterocycles. The lowest BCUT2D eigenvalue weighted by Crippen LogP contribution is -2.51. The van der Waals surface area contributed by atoms with Crippen molar-refractivity contribution in [2.75, 3.05) is 31.0 Å². The van der Waals surface area contributed by atoms with E-state index in [0.717, 1.165) is 51.3 Å². The summed E-state index contributed by atoms with van der Waals surface area (Å²) in [6, 6.07) is 13.2. The molecule has 2 bridgehead atoms. The Labute approximate surface area is 183 Å². The van der Waals surface area contributed by atoms with E-state index in [4.69, 9.17) is 4.74 Å². The van der Waals surface area contributed by atoms with Gasteiger partial charge in [0.2, 0.25) is 10.0 Å². The van der Waals surface area contributed by atoms with E-state index in [2.05, 4.69) is 9.62 Å². The number of sulfonamides is 1. The van der Waals surface area contributed by atoms with Crippen LogP contribution >= 0.6 is 0 Å². The molecular weight excluding hydrogens is 414 g/mol. The normalized spacial score (nSPS) is 24.5. The Bertz CT molecular complexity index is 1090. The van der Waals surface area contributed by atoms with Crippen LogP contribution in [0.2, 0.25) is 0 Å². The highest BCUT2D eigenvalue weighted by Crippen LogP contribution is 2.37. The Morgan fingerprint density at radius 3 is 2.55 bits per heavy atom. The number of hydrogen-bond acceptors (Lipinski definition) is 5. The number of fused-ring (bicyclic) bond motifs is 4. The maximum Gasteiger partial charge on any atom is 0.275 e. The molecule has 0 saturated carbocycles. The molecule has 0 spiro atoms. The number of nitrogens with one attached hydrogen (secondary N) is 1. The Balaban J connectivity index is 1.35. The zero-order chi connectivity index (χ0) is 21.4. The van der Waals surface area contributed by atoms with E-state index >= 15 is 0 Å². The van der Waals surface area contributed by atoms with Crippen LogP contribution < -0.4 is 10.3 Å². The number of likely N-dealkylation sites (tertiary alicyclic amines) is 1. The van der Waals surface area contributed by atoms with Crippen molar-refractivity contribution < 1.29 is 13.2 Å². The fraction of sp³-hybridized carbons (Fsp3) is 0.522. The molecule has 8 heteroatoms. The lowest BCUT2D eigenvalue weighted by molar-refractivity contribution is 0.00589. The number of piperidine rings is 1. The molecule has 0 aliphatic carbocycles. The average molecular weight is 444 g/mol. The van der Waals surface area contributed by atoms with E-state index in [1.54, 1.807) is 34.9 Å². The molecule has 7 nitrogen and oxygen atoms in total. The van der Waals surface area contributed by atoms with Gasteiger partial charge in [-0.15, -0.1) is 0 Å². The van der Waals surface area contributed by atoms with Crippen LogP contribution in [-0.2, 0) is 27.1 Å². The minimum atomic E-state index is -3.66. The largest absolute Gasteiger partial charge is 0.381 e. The molecule has 0 unspecified atom stereocenters. The molecule has 2 aromatic rings. The van der Waals surface area contributed by atoms with Gasteiger partial charge in [0.15, 0.2) is 0 Å². The summed E-state index contributed by atoms with van der Waals surface area (Å²) < 4.78 is 35.1. The average Bonchev–Trinajstić information content (AvgIpc) is 2.77. The van der Waals surface area contributed by atoms with Gasteiger partial charge in [-0.2, -0.15) is 0 Å². The predicted octanol–water partition coefficient (Wildman–Crippen LogP) is 2.39. The van der Waals surface area contributed by atoms with Crippen molar-refractivity contribution >= 4 is 15.7 Å². The van der Waals surface area contributed by atoms with Gasteiger partial charge < -0.3 is 9.30 Å². The standard InChI is InChI=1S/C23H29N3O4S/c27-23-21(24-31(28,29)16-17-4-2-1-3-5-17)6-7-22-19-12-18(14-26(22)23)13-25(15-19)20-8-10-30-11-9-20/h1-7,18-20,24H,8-16H2/t18-,19+/m0/s1. The molecular formula is C23H29N3O4S. The minimum Gasteiger partial charge on any atom is -0.381 e. The van der Waals surface area contributed by atoms with Crippen molar-refractivity contribution in [3.63, 3.8) is 0 Å². The molecule has 166 valence electrons. The van der Waals surface area contributed by atoms with Gasteiger partial charge in [-0.3, -0.25) is 14.4 Å². The summed E-state index contributed by atoms with van der Waals surface area (Å²) >= 11 is 0. The fourth-order valence-corrected chi connectivity index (χ4v) is 6.60. The third-order valence-electron chi connectivity index (χ3n) is 6.80. The number of pyridine rings is 1. The SMILES string of the molecule is O=c1c(NS(=O)(=O)Cc2ccccc2)ccc2n1C[C@H]1C[C@@H]2CN(C2CCOCC2)C1. The molecule has 31 heavy (non-hydrogen) atoms. The fourth-order valence-electron chi connectivity index (χ4n) is 5.41. The first kappa shape index (κ1) is 20.7. The zero-order valence-corrected chi connectivity index (χ0v) is 18.4. The third-order valence-corrected chi connectivity index (χ3v) is 8.05. The van der Waals surface area contributed by atoms with Crippen LogP contribution in [0.5, 0.6) is 0 Å². The van der Waals surface area contributed by atoms with Crippen LogP contribution in [0.1, 0.15) is 36.4 Å². The quantitative estimate of drug-likeness (QED) is 0.768. The molecule has 1 N–H and O–H groups in total. The van der Waals surface area contributed by atoms with E-state index in [9.17, 15) is 13.2 Å². The van der Waals surface area contributed by atoms with Crippen molar-refractivity contribution in [2.24, 2.45) is 5.92 Å². The van der Waals surface area contributed by atoms with Crippen LogP contribution in [0, 0.1) is 5.92 Å². The third kappa shape index (κ3) is 4.42. The van der Waals surface area contributed by atoms with Gasteiger partial charge in [0.05, 0.1) is 5.75 Å². The lowest BCUT2D eigenvalue weighted by atomic mass is 9.82. The second-order valence-electron chi connectivity index (χ2n) is 9.03. The highest BCUT2D eigenvalue weighted by Gasteiger charge is 2.37. The van der Waals surface area contributed by atoms with Gasteiger partial charge in [-0.05, 0) is 42.9 Å². The second-order valence-corrected chi connectivity index (χ2v) is 10.8. The molecule has 2 fully saturated rings. The summed E-state index contributed by atoms with van der Waals surface area (Å²) in [6.07, 6.45) is 3.25. The highest BCUT2D eigenvalue weighted by molar-refractivity contribution is 7.91. The number of anilines is 1. The molecule has 5 rings (SSSR count). The predicted molar refractivity (Wildman–Crippen MR) is 120 cm³/mol. The molecule has 2 atom stereocenters. The van der Waals surface area contributed by atoms with Gasteiger partial charge in [0, 0.05) is 50.5 Å². The Morgan fingerprint density at radius 1 is 1.00 bits per heavy atom. The zero-order valence-electron chi connectivity index (χ0n) is 17.6. The molecule has 3 aliphatic heterocycles. The number of ether oxygens (including phenoxy) is 1. The summed E-state index contributed by atoms with van der Waals surface area (Å²) in [4.78, 5) is 15.8. The smallest absolute Gasteiger partial charge is 0.275 e. The summed E-state index contributed by atoms with van der Waals surface area (Å²) in [5.74, 6) is 0.585. The minimum absolute atomic E-state index is 0.140. The molecule has 0 radical (unpaired) electrons. The second kappa shape index (κ2) is 8.41. The van der Waals surface area contributed by atoms with Crippen molar-refractivity contribution in [1.82, 2.24) is 9.47 Å². The molecule has 1 aromatic carbocycles.